The minimum atomic E-state index is -4.51. The van der Waals surface area contributed by atoms with Crippen molar-refractivity contribution in [3.63, 3.8) is 0 Å². The van der Waals surface area contributed by atoms with Gasteiger partial charge in [0.2, 0.25) is 5.91 Å². The van der Waals surface area contributed by atoms with E-state index in [0.29, 0.717) is 21.2 Å². The maximum absolute atomic E-state index is 13.0. The van der Waals surface area contributed by atoms with Crippen molar-refractivity contribution in [1.82, 2.24) is 0 Å². The Bertz CT molecular complexity index is 1200. The molecule has 2 N–H and O–H groups in total. The quantitative estimate of drug-likeness (QED) is 0.516. The summed E-state index contributed by atoms with van der Waals surface area (Å²) in [5, 5.41) is 5.93. The maximum Gasteiger partial charge on any atom is 0.416 e. The van der Waals surface area contributed by atoms with Crippen LogP contribution in [-0.2, 0) is 11.0 Å². The number of carbonyl (C=O) groups is 2. The molecule has 2 aromatic carbocycles. The Balaban J connectivity index is 1.68. The Labute approximate surface area is 186 Å². The van der Waals surface area contributed by atoms with Crippen LogP contribution >= 0.6 is 11.3 Å². The number of anilines is 2. The van der Waals surface area contributed by atoms with E-state index in [1.165, 1.54) is 12.1 Å². The lowest BCUT2D eigenvalue weighted by atomic mass is 9.85. The van der Waals surface area contributed by atoms with Crippen LogP contribution in [0.5, 0.6) is 5.75 Å². The number of hydrogen-bond acceptors (Lipinski definition) is 4. The first-order valence-electron chi connectivity index (χ1n) is 9.73. The van der Waals surface area contributed by atoms with Gasteiger partial charge in [0.1, 0.15) is 5.75 Å². The van der Waals surface area contributed by atoms with Crippen molar-refractivity contribution in [2.75, 3.05) is 17.7 Å². The zero-order valence-corrected chi connectivity index (χ0v) is 18.0. The van der Waals surface area contributed by atoms with Crippen LogP contribution in [0.4, 0.5) is 23.9 Å². The Morgan fingerprint density at radius 2 is 1.94 bits per heavy atom. The predicted octanol–water partition coefficient (Wildman–Crippen LogP) is 5.81. The molecule has 1 aromatic heterocycles. The van der Waals surface area contributed by atoms with Gasteiger partial charge in [-0.25, -0.2) is 0 Å². The number of hydrogen-bond donors (Lipinski definition) is 2. The SMILES string of the molecule is COc1cccc(C2CC(=O)Nc3sc(C(=O)Nc4cccc(C(F)(F)F)c4)c(C)c32)c1. The molecule has 0 saturated heterocycles. The summed E-state index contributed by atoms with van der Waals surface area (Å²) in [6, 6.07) is 11.9. The van der Waals surface area contributed by atoms with Gasteiger partial charge in [-0.05, 0) is 53.9 Å². The van der Waals surface area contributed by atoms with Crippen LogP contribution < -0.4 is 15.4 Å². The summed E-state index contributed by atoms with van der Waals surface area (Å²) in [7, 11) is 1.56. The molecule has 1 aliphatic rings. The van der Waals surface area contributed by atoms with Gasteiger partial charge in [0.15, 0.2) is 0 Å². The van der Waals surface area contributed by atoms with Gasteiger partial charge >= 0.3 is 6.18 Å². The summed E-state index contributed by atoms with van der Waals surface area (Å²) in [5.74, 6) is -0.304. The van der Waals surface area contributed by atoms with E-state index in [0.717, 1.165) is 34.6 Å². The molecule has 2 heterocycles. The molecule has 3 aromatic rings. The molecule has 0 spiro atoms. The largest absolute Gasteiger partial charge is 0.497 e. The summed E-state index contributed by atoms with van der Waals surface area (Å²) in [6.45, 7) is 1.78. The number of nitrogens with one attached hydrogen (secondary N) is 2. The molecule has 166 valence electrons. The Hall–Kier alpha value is -3.33. The monoisotopic (exact) mass is 460 g/mol. The van der Waals surface area contributed by atoms with Gasteiger partial charge in [-0.2, -0.15) is 13.2 Å². The van der Waals surface area contributed by atoms with Gasteiger partial charge in [-0.15, -0.1) is 11.3 Å². The third-order valence-electron chi connectivity index (χ3n) is 5.33. The molecule has 0 radical (unpaired) electrons. The van der Waals surface area contributed by atoms with Gasteiger partial charge in [0.05, 0.1) is 22.6 Å². The number of thiophene rings is 1. The Kier molecular flexibility index (Phi) is 5.68. The van der Waals surface area contributed by atoms with E-state index in [1.807, 2.05) is 24.3 Å². The van der Waals surface area contributed by atoms with Gasteiger partial charge < -0.3 is 15.4 Å². The van der Waals surface area contributed by atoms with Crippen molar-refractivity contribution in [1.29, 1.82) is 0 Å². The van der Waals surface area contributed by atoms with E-state index in [-0.39, 0.29) is 23.9 Å². The molecular formula is C23H19F3N2O3S. The molecule has 9 heteroatoms. The van der Waals surface area contributed by atoms with Crippen molar-refractivity contribution in [2.24, 2.45) is 0 Å². The second-order valence-corrected chi connectivity index (χ2v) is 8.43. The number of amides is 2. The number of rotatable bonds is 4. The van der Waals surface area contributed by atoms with Crippen LogP contribution in [0.1, 0.15) is 44.3 Å². The van der Waals surface area contributed by atoms with Crippen molar-refractivity contribution in [3.8, 4) is 5.75 Å². The van der Waals surface area contributed by atoms with Crippen LogP contribution in [0.25, 0.3) is 0 Å². The summed E-state index contributed by atoms with van der Waals surface area (Å²) in [6.07, 6.45) is -4.29. The van der Waals surface area contributed by atoms with Crippen LogP contribution in [0.2, 0.25) is 0 Å². The van der Waals surface area contributed by atoms with E-state index >= 15 is 0 Å². The topological polar surface area (TPSA) is 67.4 Å². The number of ether oxygens (including phenoxy) is 1. The molecule has 0 bridgehead atoms. The third kappa shape index (κ3) is 4.20. The summed E-state index contributed by atoms with van der Waals surface area (Å²) in [5.41, 5.74) is 1.59. The van der Waals surface area contributed by atoms with Crippen LogP contribution in [0.15, 0.2) is 48.5 Å². The predicted molar refractivity (Wildman–Crippen MR) is 117 cm³/mol. The number of methoxy groups -OCH3 is 1. The first kappa shape index (κ1) is 21.9. The Morgan fingerprint density at radius 3 is 2.66 bits per heavy atom. The lowest BCUT2D eigenvalue weighted by Crippen LogP contribution is -2.22. The highest BCUT2D eigenvalue weighted by Crippen LogP contribution is 2.45. The molecule has 1 unspecified atom stereocenters. The highest BCUT2D eigenvalue weighted by atomic mass is 32.1. The number of alkyl halides is 3. The van der Waals surface area contributed by atoms with Gasteiger partial charge in [-0.1, -0.05) is 18.2 Å². The molecule has 0 fully saturated rings. The van der Waals surface area contributed by atoms with Crippen LogP contribution in [0.3, 0.4) is 0 Å². The lowest BCUT2D eigenvalue weighted by Gasteiger charge is -2.24. The fraction of sp³-hybridized carbons (Fsp3) is 0.217. The molecule has 0 saturated carbocycles. The fourth-order valence-corrected chi connectivity index (χ4v) is 5.01. The number of carbonyl (C=O) groups excluding carboxylic acids is 2. The van der Waals surface area contributed by atoms with Crippen LogP contribution in [0, 0.1) is 6.92 Å². The molecule has 32 heavy (non-hydrogen) atoms. The van der Waals surface area contributed by atoms with Crippen molar-refractivity contribution >= 4 is 33.8 Å². The standard InChI is InChI=1S/C23H19F3N2O3S/c1-12-19-17(13-5-3-8-16(9-13)31-2)11-18(29)28-22(19)32-20(12)21(30)27-15-7-4-6-14(10-15)23(24,25)26/h3-10,17H,11H2,1-2H3,(H,27,30)(H,28,29). The minimum absolute atomic E-state index is 0.0454. The first-order valence-corrected chi connectivity index (χ1v) is 10.5. The van der Waals surface area contributed by atoms with Crippen molar-refractivity contribution in [3.05, 3.63) is 75.7 Å². The molecule has 1 atom stereocenters. The number of benzene rings is 2. The van der Waals surface area contributed by atoms with Crippen LogP contribution in [-0.4, -0.2) is 18.9 Å². The molecule has 4 rings (SSSR count). The second-order valence-electron chi connectivity index (χ2n) is 7.41. The van der Waals surface area contributed by atoms with E-state index < -0.39 is 17.6 Å². The zero-order chi connectivity index (χ0) is 23.0. The van der Waals surface area contributed by atoms with E-state index in [1.54, 1.807) is 14.0 Å². The molecule has 2 amide bonds. The van der Waals surface area contributed by atoms with Gasteiger partial charge in [0, 0.05) is 18.0 Å². The van der Waals surface area contributed by atoms with Gasteiger partial charge in [-0.3, -0.25) is 9.59 Å². The molecule has 0 aliphatic carbocycles. The van der Waals surface area contributed by atoms with Gasteiger partial charge in [0.25, 0.3) is 5.91 Å². The molecule has 5 nitrogen and oxygen atoms in total. The maximum atomic E-state index is 13.0. The normalized spacial score (nSPS) is 15.7. The third-order valence-corrected chi connectivity index (χ3v) is 6.56. The average Bonchev–Trinajstić information content (AvgIpc) is 3.09. The molecule has 1 aliphatic heterocycles. The summed E-state index contributed by atoms with van der Waals surface area (Å²) in [4.78, 5) is 25.6. The van der Waals surface area contributed by atoms with E-state index in [9.17, 15) is 22.8 Å². The van der Waals surface area contributed by atoms with E-state index in [4.69, 9.17) is 4.74 Å². The summed E-state index contributed by atoms with van der Waals surface area (Å²) < 4.78 is 44.2. The van der Waals surface area contributed by atoms with E-state index in [2.05, 4.69) is 10.6 Å². The molecular weight excluding hydrogens is 441 g/mol. The first-order chi connectivity index (χ1) is 15.2. The Morgan fingerprint density at radius 1 is 1.19 bits per heavy atom. The second kappa shape index (κ2) is 8.31. The lowest BCUT2D eigenvalue weighted by molar-refractivity contribution is -0.137. The smallest absolute Gasteiger partial charge is 0.416 e. The van der Waals surface area contributed by atoms with Crippen molar-refractivity contribution < 1.29 is 27.5 Å². The average molecular weight is 460 g/mol. The fourth-order valence-electron chi connectivity index (χ4n) is 3.82. The van der Waals surface area contributed by atoms with Crippen molar-refractivity contribution in [2.45, 2.75) is 25.4 Å². The number of halogens is 3. The highest BCUT2D eigenvalue weighted by molar-refractivity contribution is 7.18. The minimum Gasteiger partial charge on any atom is -0.497 e. The highest BCUT2D eigenvalue weighted by Gasteiger charge is 2.33. The number of fused-ring (bicyclic) bond motifs is 1. The zero-order valence-electron chi connectivity index (χ0n) is 17.2. The summed E-state index contributed by atoms with van der Waals surface area (Å²) >= 11 is 1.11.